The third-order valence-corrected chi connectivity index (χ3v) is 6.37. The fourth-order valence-corrected chi connectivity index (χ4v) is 4.63. The molecule has 3 aromatic rings. The third kappa shape index (κ3) is 5.46. The Hall–Kier alpha value is -2.91. The van der Waals surface area contributed by atoms with Crippen LogP contribution in [0, 0.1) is 5.92 Å². The molecule has 1 unspecified atom stereocenters. The standard InChI is InChI=1S/C23H28N4O4S/c1-29-19-6-5-17(12-20(19)30-2)22-25-21(31-26-22)14-27-10-3-4-18(13-27)23(28)24-9-7-16-8-11-32-15-16/h5-6,8,11-12,15,18H,3-4,7,9-10,13-14H2,1-2H3,(H,24,28). The summed E-state index contributed by atoms with van der Waals surface area (Å²) in [6.45, 7) is 2.80. The van der Waals surface area contributed by atoms with Crippen molar-refractivity contribution in [3.63, 3.8) is 0 Å². The van der Waals surface area contributed by atoms with E-state index in [1.165, 1.54) is 5.56 Å². The summed E-state index contributed by atoms with van der Waals surface area (Å²) in [4.78, 5) is 19.4. The van der Waals surface area contributed by atoms with Gasteiger partial charge in [0.1, 0.15) is 0 Å². The SMILES string of the molecule is COc1ccc(-c2noc(CN3CCCC(C(=O)NCCc4ccsc4)C3)n2)cc1OC. The van der Waals surface area contributed by atoms with Gasteiger partial charge in [0.05, 0.1) is 26.7 Å². The van der Waals surface area contributed by atoms with E-state index in [2.05, 4.69) is 37.2 Å². The van der Waals surface area contributed by atoms with Gasteiger partial charge >= 0.3 is 0 Å². The highest BCUT2D eigenvalue weighted by atomic mass is 32.1. The number of nitrogens with one attached hydrogen (secondary N) is 1. The molecule has 1 saturated heterocycles. The molecule has 0 saturated carbocycles. The van der Waals surface area contributed by atoms with Gasteiger partial charge in [-0.25, -0.2) is 0 Å². The van der Waals surface area contributed by atoms with Gasteiger partial charge in [-0.3, -0.25) is 9.69 Å². The molecule has 1 fully saturated rings. The van der Waals surface area contributed by atoms with E-state index >= 15 is 0 Å². The number of rotatable bonds is 9. The topological polar surface area (TPSA) is 89.7 Å². The first kappa shape index (κ1) is 22.3. The summed E-state index contributed by atoms with van der Waals surface area (Å²) in [7, 11) is 3.19. The average molecular weight is 457 g/mol. The molecule has 0 bridgehead atoms. The first-order valence-corrected chi connectivity index (χ1v) is 11.7. The summed E-state index contributed by atoms with van der Waals surface area (Å²) in [5, 5.41) is 11.4. The molecule has 1 aliphatic heterocycles. The minimum absolute atomic E-state index is 0.0144. The number of benzene rings is 1. The van der Waals surface area contributed by atoms with Gasteiger partial charge in [-0.05, 0) is 66.4 Å². The zero-order chi connectivity index (χ0) is 22.3. The second-order valence-corrected chi connectivity index (χ2v) is 8.61. The normalized spacial score (nSPS) is 16.6. The van der Waals surface area contributed by atoms with E-state index in [4.69, 9.17) is 14.0 Å². The summed E-state index contributed by atoms with van der Waals surface area (Å²) in [6, 6.07) is 7.61. The van der Waals surface area contributed by atoms with Gasteiger partial charge in [-0.2, -0.15) is 16.3 Å². The van der Waals surface area contributed by atoms with Crippen LogP contribution in [0.2, 0.25) is 0 Å². The predicted molar refractivity (Wildman–Crippen MR) is 122 cm³/mol. The van der Waals surface area contributed by atoms with E-state index in [0.717, 1.165) is 31.4 Å². The van der Waals surface area contributed by atoms with E-state index in [9.17, 15) is 4.79 Å². The lowest BCUT2D eigenvalue weighted by molar-refractivity contribution is -0.126. The largest absolute Gasteiger partial charge is 0.493 e. The molecule has 0 spiro atoms. The lowest BCUT2D eigenvalue weighted by Gasteiger charge is -2.30. The summed E-state index contributed by atoms with van der Waals surface area (Å²) in [5.74, 6) is 2.41. The number of ether oxygens (including phenoxy) is 2. The summed E-state index contributed by atoms with van der Waals surface area (Å²) < 4.78 is 16.1. The first-order chi connectivity index (χ1) is 15.7. The molecular formula is C23H28N4O4S. The number of piperidine rings is 1. The molecule has 4 rings (SSSR count). The average Bonchev–Trinajstić information content (AvgIpc) is 3.51. The number of likely N-dealkylation sites (tertiary alicyclic amines) is 1. The maximum absolute atomic E-state index is 12.6. The van der Waals surface area contributed by atoms with Crippen LogP contribution in [0.25, 0.3) is 11.4 Å². The van der Waals surface area contributed by atoms with Gasteiger partial charge < -0.3 is 19.3 Å². The zero-order valence-corrected chi connectivity index (χ0v) is 19.2. The molecule has 0 aliphatic carbocycles. The number of methoxy groups -OCH3 is 2. The Labute approximate surface area is 191 Å². The monoisotopic (exact) mass is 456 g/mol. The van der Waals surface area contributed by atoms with Crippen molar-refractivity contribution in [2.45, 2.75) is 25.8 Å². The molecule has 0 radical (unpaired) electrons. The van der Waals surface area contributed by atoms with Crippen LogP contribution < -0.4 is 14.8 Å². The lowest BCUT2D eigenvalue weighted by Crippen LogP contribution is -2.43. The molecule has 170 valence electrons. The fraction of sp³-hybridized carbons (Fsp3) is 0.435. The smallest absolute Gasteiger partial charge is 0.241 e. The zero-order valence-electron chi connectivity index (χ0n) is 18.4. The number of hydrogen-bond acceptors (Lipinski definition) is 8. The lowest BCUT2D eigenvalue weighted by atomic mass is 9.97. The fourth-order valence-electron chi connectivity index (χ4n) is 3.93. The maximum atomic E-state index is 12.6. The second-order valence-electron chi connectivity index (χ2n) is 7.83. The van der Waals surface area contributed by atoms with Crippen LogP contribution in [0.4, 0.5) is 0 Å². The van der Waals surface area contributed by atoms with Gasteiger partial charge in [0.15, 0.2) is 11.5 Å². The Morgan fingerprint density at radius 3 is 2.94 bits per heavy atom. The van der Waals surface area contributed by atoms with Crippen molar-refractivity contribution in [3.05, 3.63) is 46.5 Å². The number of hydrogen-bond donors (Lipinski definition) is 1. The van der Waals surface area contributed by atoms with Crippen LogP contribution in [0.15, 0.2) is 39.5 Å². The van der Waals surface area contributed by atoms with E-state index in [0.29, 0.717) is 42.8 Å². The number of amides is 1. The molecule has 1 amide bonds. The Morgan fingerprint density at radius 1 is 1.28 bits per heavy atom. The number of thiophene rings is 1. The molecule has 1 aliphatic rings. The van der Waals surface area contributed by atoms with Crippen molar-refractivity contribution in [2.24, 2.45) is 5.92 Å². The number of nitrogens with zero attached hydrogens (tertiary/aromatic N) is 3. The highest BCUT2D eigenvalue weighted by Crippen LogP contribution is 2.31. The summed E-state index contributed by atoms with van der Waals surface area (Å²) in [6.07, 6.45) is 2.74. The van der Waals surface area contributed by atoms with Gasteiger partial charge in [-0.15, -0.1) is 0 Å². The highest BCUT2D eigenvalue weighted by molar-refractivity contribution is 7.07. The van der Waals surface area contributed by atoms with Crippen LogP contribution in [-0.2, 0) is 17.8 Å². The van der Waals surface area contributed by atoms with Gasteiger partial charge in [0.25, 0.3) is 0 Å². The summed E-state index contributed by atoms with van der Waals surface area (Å²) in [5.41, 5.74) is 2.06. The Kier molecular flexibility index (Phi) is 7.39. The Morgan fingerprint density at radius 2 is 2.16 bits per heavy atom. The Balaban J connectivity index is 1.31. The van der Waals surface area contributed by atoms with E-state index in [1.807, 2.05) is 18.2 Å². The molecule has 3 heterocycles. The van der Waals surface area contributed by atoms with E-state index in [-0.39, 0.29) is 11.8 Å². The van der Waals surface area contributed by atoms with E-state index < -0.39 is 0 Å². The van der Waals surface area contributed by atoms with Crippen LogP contribution >= 0.6 is 11.3 Å². The molecule has 32 heavy (non-hydrogen) atoms. The minimum Gasteiger partial charge on any atom is -0.493 e. The first-order valence-electron chi connectivity index (χ1n) is 10.7. The molecule has 2 aromatic heterocycles. The molecular weight excluding hydrogens is 428 g/mol. The molecule has 9 heteroatoms. The second kappa shape index (κ2) is 10.6. The highest BCUT2D eigenvalue weighted by Gasteiger charge is 2.26. The maximum Gasteiger partial charge on any atom is 0.241 e. The van der Waals surface area contributed by atoms with Gasteiger partial charge in [-0.1, -0.05) is 5.16 Å². The molecule has 1 N–H and O–H groups in total. The van der Waals surface area contributed by atoms with Crippen LogP contribution in [0.5, 0.6) is 11.5 Å². The van der Waals surface area contributed by atoms with Crippen LogP contribution in [0.3, 0.4) is 0 Å². The number of aromatic nitrogens is 2. The van der Waals surface area contributed by atoms with Gasteiger partial charge in [0.2, 0.25) is 17.6 Å². The van der Waals surface area contributed by atoms with Crippen molar-refractivity contribution in [1.82, 2.24) is 20.4 Å². The number of carbonyl (C=O) groups is 1. The molecule has 8 nitrogen and oxygen atoms in total. The minimum atomic E-state index is -0.0144. The molecule has 1 aromatic carbocycles. The van der Waals surface area contributed by atoms with Crippen molar-refractivity contribution in [2.75, 3.05) is 33.9 Å². The Bertz CT molecular complexity index is 1020. The molecule has 1 atom stereocenters. The van der Waals surface area contributed by atoms with Crippen molar-refractivity contribution >= 4 is 17.2 Å². The van der Waals surface area contributed by atoms with Crippen LogP contribution in [0.1, 0.15) is 24.3 Å². The quantitative estimate of drug-likeness (QED) is 0.528. The van der Waals surface area contributed by atoms with Crippen molar-refractivity contribution < 1.29 is 18.8 Å². The summed E-state index contributed by atoms with van der Waals surface area (Å²) >= 11 is 1.68. The third-order valence-electron chi connectivity index (χ3n) is 5.64. The van der Waals surface area contributed by atoms with Gasteiger partial charge in [0, 0.05) is 18.7 Å². The van der Waals surface area contributed by atoms with Crippen molar-refractivity contribution in [3.8, 4) is 22.9 Å². The van der Waals surface area contributed by atoms with Crippen LogP contribution in [-0.4, -0.2) is 54.8 Å². The number of carbonyl (C=O) groups excluding carboxylic acids is 1. The van der Waals surface area contributed by atoms with E-state index in [1.54, 1.807) is 25.6 Å². The van der Waals surface area contributed by atoms with Crippen molar-refractivity contribution in [1.29, 1.82) is 0 Å². The predicted octanol–water partition coefficient (Wildman–Crippen LogP) is 3.39.